The highest BCUT2D eigenvalue weighted by atomic mass is 35.5. The summed E-state index contributed by atoms with van der Waals surface area (Å²) >= 11 is 5.96. The first-order chi connectivity index (χ1) is 8.27. The van der Waals surface area contributed by atoms with Crippen molar-refractivity contribution in [2.45, 2.75) is 6.42 Å². The summed E-state index contributed by atoms with van der Waals surface area (Å²) in [6, 6.07) is 10.2. The van der Waals surface area contributed by atoms with Crippen molar-refractivity contribution in [3.63, 3.8) is 0 Å². The molecule has 0 aliphatic rings. The Kier molecular flexibility index (Phi) is 3.77. The van der Waals surface area contributed by atoms with E-state index in [-0.39, 0.29) is 0 Å². The standard InChI is InChI=1S/C12H13ClN4/c13-10-11(14)16-8-17-12(10)15-7-6-9-4-2-1-3-5-9/h1-5,8H,6-7H2,(H3,14,15,16,17). The zero-order valence-electron chi connectivity index (χ0n) is 9.23. The van der Waals surface area contributed by atoms with Crippen molar-refractivity contribution in [3.05, 3.63) is 47.2 Å². The van der Waals surface area contributed by atoms with E-state index < -0.39 is 0 Å². The molecule has 4 nitrogen and oxygen atoms in total. The minimum atomic E-state index is 0.295. The number of nitrogen functional groups attached to an aromatic ring is 1. The largest absolute Gasteiger partial charge is 0.382 e. The van der Waals surface area contributed by atoms with E-state index in [1.165, 1.54) is 11.9 Å². The van der Waals surface area contributed by atoms with Gasteiger partial charge in [0.15, 0.2) is 0 Å². The average Bonchev–Trinajstić information content (AvgIpc) is 2.36. The van der Waals surface area contributed by atoms with Gasteiger partial charge in [-0.15, -0.1) is 0 Å². The van der Waals surface area contributed by atoms with Gasteiger partial charge in [-0.05, 0) is 12.0 Å². The Balaban J connectivity index is 1.93. The number of hydrogen-bond acceptors (Lipinski definition) is 4. The number of nitrogens with one attached hydrogen (secondary N) is 1. The van der Waals surface area contributed by atoms with E-state index in [1.54, 1.807) is 0 Å². The highest BCUT2D eigenvalue weighted by Gasteiger charge is 2.05. The molecule has 0 bridgehead atoms. The fraction of sp³-hybridized carbons (Fsp3) is 0.167. The van der Waals surface area contributed by atoms with Crippen LogP contribution in [0.3, 0.4) is 0 Å². The molecule has 0 atom stereocenters. The molecule has 0 unspecified atom stereocenters. The highest BCUT2D eigenvalue weighted by molar-refractivity contribution is 6.35. The number of benzene rings is 1. The lowest BCUT2D eigenvalue weighted by molar-refractivity contribution is 1.00. The first-order valence-electron chi connectivity index (χ1n) is 5.31. The summed E-state index contributed by atoms with van der Waals surface area (Å²) < 4.78 is 0. The van der Waals surface area contributed by atoms with E-state index in [2.05, 4.69) is 27.4 Å². The predicted octanol–water partition coefficient (Wildman–Crippen LogP) is 2.37. The Labute approximate surface area is 105 Å². The average molecular weight is 249 g/mol. The minimum absolute atomic E-state index is 0.295. The number of aromatic nitrogens is 2. The van der Waals surface area contributed by atoms with Crippen molar-refractivity contribution in [3.8, 4) is 0 Å². The third-order valence-corrected chi connectivity index (χ3v) is 2.74. The molecular weight excluding hydrogens is 236 g/mol. The molecule has 0 saturated carbocycles. The normalized spacial score (nSPS) is 10.2. The topological polar surface area (TPSA) is 63.8 Å². The van der Waals surface area contributed by atoms with Gasteiger partial charge in [-0.1, -0.05) is 41.9 Å². The molecule has 1 aromatic heterocycles. The second-order valence-corrected chi connectivity index (χ2v) is 3.96. The Morgan fingerprint density at radius 1 is 1.18 bits per heavy atom. The van der Waals surface area contributed by atoms with Crippen LogP contribution in [-0.4, -0.2) is 16.5 Å². The fourth-order valence-corrected chi connectivity index (χ4v) is 1.64. The van der Waals surface area contributed by atoms with Crippen molar-refractivity contribution in [2.24, 2.45) is 0 Å². The Bertz CT molecular complexity index is 487. The number of rotatable bonds is 4. The van der Waals surface area contributed by atoms with Gasteiger partial charge in [0.2, 0.25) is 0 Å². The van der Waals surface area contributed by atoms with Gasteiger partial charge in [-0.3, -0.25) is 0 Å². The number of nitrogens with zero attached hydrogens (tertiary/aromatic N) is 2. The van der Waals surface area contributed by atoms with Gasteiger partial charge in [0, 0.05) is 6.54 Å². The summed E-state index contributed by atoms with van der Waals surface area (Å²) in [7, 11) is 0. The molecule has 0 fully saturated rings. The van der Waals surface area contributed by atoms with Gasteiger partial charge in [0.1, 0.15) is 23.0 Å². The fourth-order valence-electron chi connectivity index (χ4n) is 1.48. The summed E-state index contributed by atoms with van der Waals surface area (Å²) in [5.41, 5.74) is 6.84. The zero-order valence-corrected chi connectivity index (χ0v) is 9.98. The van der Waals surface area contributed by atoms with Gasteiger partial charge in [-0.2, -0.15) is 0 Å². The van der Waals surface area contributed by atoms with Crippen LogP contribution in [0.1, 0.15) is 5.56 Å². The van der Waals surface area contributed by atoms with E-state index in [9.17, 15) is 0 Å². The summed E-state index contributed by atoms with van der Waals surface area (Å²) in [5.74, 6) is 0.874. The third-order valence-electron chi connectivity index (χ3n) is 2.37. The maximum Gasteiger partial charge on any atom is 0.150 e. The molecule has 0 aliphatic heterocycles. The lowest BCUT2D eigenvalue weighted by Gasteiger charge is -2.07. The number of halogens is 1. The molecule has 5 heteroatoms. The molecule has 17 heavy (non-hydrogen) atoms. The molecule has 1 aromatic carbocycles. The van der Waals surface area contributed by atoms with Crippen molar-refractivity contribution < 1.29 is 0 Å². The molecule has 0 aliphatic carbocycles. The monoisotopic (exact) mass is 248 g/mol. The van der Waals surface area contributed by atoms with E-state index in [4.69, 9.17) is 17.3 Å². The second-order valence-electron chi connectivity index (χ2n) is 3.58. The molecule has 0 radical (unpaired) electrons. The van der Waals surface area contributed by atoms with Crippen LogP contribution < -0.4 is 11.1 Å². The van der Waals surface area contributed by atoms with Crippen molar-refractivity contribution >= 4 is 23.2 Å². The molecule has 0 saturated heterocycles. The van der Waals surface area contributed by atoms with E-state index in [0.717, 1.165) is 13.0 Å². The molecule has 0 spiro atoms. The number of anilines is 2. The Morgan fingerprint density at radius 3 is 2.71 bits per heavy atom. The molecule has 0 amide bonds. The maximum absolute atomic E-state index is 5.96. The smallest absolute Gasteiger partial charge is 0.150 e. The highest BCUT2D eigenvalue weighted by Crippen LogP contribution is 2.22. The third kappa shape index (κ3) is 3.07. The lowest BCUT2D eigenvalue weighted by Crippen LogP contribution is -2.08. The summed E-state index contributed by atoms with van der Waals surface area (Å²) in [5, 5.41) is 3.51. The molecule has 88 valence electrons. The van der Waals surface area contributed by atoms with Crippen molar-refractivity contribution in [1.82, 2.24) is 9.97 Å². The molecule has 1 heterocycles. The van der Waals surface area contributed by atoms with Crippen LogP contribution in [0.25, 0.3) is 0 Å². The second kappa shape index (κ2) is 5.50. The van der Waals surface area contributed by atoms with Gasteiger partial charge in [0.25, 0.3) is 0 Å². The first-order valence-corrected chi connectivity index (χ1v) is 5.69. The predicted molar refractivity (Wildman–Crippen MR) is 70.1 cm³/mol. The molecule has 2 aromatic rings. The van der Waals surface area contributed by atoms with E-state index >= 15 is 0 Å². The summed E-state index contributed by atoms with van der Waals surface area (Å²) in [4.78, 5) is 7.84. The SMILES string of the molecule is Nc1ncnc(NCCc2ccccc2)c1Cl. The lowest BCUT2D eigenvalue weighted by atomic mass is 10.1. The number of nitrogens with two attached hydrogens (primary N) is 1. The molecule has 2 rings (SSSR count). The summed E-state index contributed by atoms with van der Waals surface area (Å²) in [6.07, 6.45) is 2.30. The van der Waals surface area contributed by atoms with Gasteiger partial charge in [-0.25, -0.2) is 9.97 Å². The number of hydrogen-bond donors (Lipinski definition) is 2. The van der Waals surface area contributed by atoms with Crippen LogP contribution in [0.15, 0.2) is 36.7 Å². The molecular formula is C12H13ClN4. The van der Waals surface area contributed by atoms with Crippen molar-refractivity contribution in [1.29, 1.82) is 0 Å². The van der Waals surface area contributed by atoms with Crippen LogP contribution in [-0.2, 0) is 6.42 Å². The van der Waals surface area contributed by atoms with Crippen LogP contribution in [0.2, 0.25) is 5.02 Å². The maximum atomic E-state index is 5.96. The minimum Gasteiger partial charge on any atom is -0.382 e. The van der Waals surface area contributed by atoms with Crippen LogP contribution >= 0.6 is 11.6 Å². The van der Waals surface area contributed by atoms with Gasteiger partial charge >= 0.3 is 0 Å². The van der Waals surface area contributed by atoms with Crippen molar-refractivity contribution in [2.75, 3.05) is 17.6 Å². The van der Waals surface area contributed by atoms with E-state index in [1.807, 2.05) is 18.2 Å². The van der Waals surface area contributed by atoms with Gasteiger partial charge < -0.3 is 11.1 Å². The Morgan fingerprint density at radius 2 is 1.94 bits per heavy atom. The van der Waals surface area contributed by atoms with Crippen LogP contribution in [0.4, 0.5) is 11.6 Å². The Hall–Kier alpha value is -1.81. The van der Waals surface area contributed by atoms with Gasteiger partial charge in [0.05, 0.1) is 0 Å². The van der Waals surface area contributed by atoms with Crippen LogP contribution in [0, 0.1) is 0 Å². The summed E-state index contributed by atoms with van der Waals surface area (Å²) in [6.45, 7) is 0.750. The first kappa shape index (κ1) is 11.7. The molecule has 3 N–H and O–H groups in total. The van der Waals surface area contributed by atoms with E-state index in [0.29, 0.717) is 16.7 Å². The quantitative estimate of drug-likeness (QED) is 0.872. The van der Waals surface area contributed by atoms with Crippen LogP contribution in [0.5, 0.6) is 0 Å². The zero-order chi connectivity index (χ0) is 12.1.